The second-order valence-corrected chi connectivity index (χ2v) is 6.28. The molecule has 114 valence electrons. The molecule has 2 aromatic rings. The SMILES string of the molecule is CC(NC(=O)[C@@H](C)N)c1ccc(-c2ccc(Cl)cc2)s1.Cl. The van der Waals surface area contributed by atoms with Gasteiger partial charge in [0.1, 0.15) is 0 Å². The van der Waals surface area contributed by atoms with Crippen LogP contribution < -0.4 is 11.1 Å². The molecule has 3 N–H and O–H groups in total. The van der Waals surface area contributed by atoms with Gasteiger partial charge in [-0.3, -0.25) is 4.79 Å². The van der Waals surface area contributed by atoms with Crippen LogP contribution in [0.2, 0.25) is 5.02 Å². The molecule has 6 heteroatoms. The van der Waals surface area contributed by atoms with E-state index < -0.39 is 6.04 Å². The Hall–Kier alpha value is -1.07. The van der Waals surface area contributed by atoms with E-state index in [0.717, 1.165) is 20.3 Å². The quantitative estimate of drug-likeness (QED) is 0.880. The van der Waals surface area contributed by atoms with Gasteiger partial charge in [0, 0.05) is 14.8 Å². The summed E-state index contributed by atoms with van der Waals surface area (Å²) in [6.45, 7) is 3.63. The molecule has 2 atom stereocenters. The minimum atomic E-state index is -0.492. The number of carbonyl (C=O) groups excluding carboxylic acids is 1. The molecule has 0 aliphatic heterocycles. The van der Waals surface area contributed by atoms with Gasteiger partial charge in [0.15, 0.2) is 0 Å². The molecule has 1 amide bonds. The van der Waals surface area contributed by atoms with E-state index in [9.17, 15) is 4.79 Å². The predicted molar refractivity (Wildman–Crippen MR) is 92.2 cm³/mol. The Morgan fingerprint density at radius 3 is 2.38 bits per heavy atom. The first-order valence-electron chi connectivity index (χ1n) is 6.39. The molecule has 1 aromatic heterocycles. The Balaban J connectivity index is 0.00000220. The molecule has 1 heterocycles. The lowest BCUT2D eigenvalue weighted by molar-refractivity contribution is -0.122. The van der Waals surface area contributed by atoms with E-state index in [2.05, 4.69) is 11.4 Å². The third kappa shape index (κ3) is 4.71. The van der Waals surface area contributed by atoms with Gasteiger partial charge in [-0.2, -0.15) is 0 Å². The molecule has 0 saturated heterocycles. The first-order chi connectivity index (χ1) is 9.47. The molecule has 0 bridgehead atoms. The van der Waals surface area contributed by atoms with E-state index >= 15 is 0 Å². The summed E-state index contributed by atoms with van der Waals surface area (Å²) in [6.07, 6.45) is 0. The van der Waals surface area contributed by atoms with Gasteiger partial charge in [-0.25, -0.2) is 0 Å². The van der Waals surface area contributed by atoms with Gasteiger partial charge in [0.25, 0.3) is 0 Å². The molecular formula is C15H18Cl2N2OS. The van der Waals surface area contributed by atoms with E-state index in [1.54, 1.807) is 18.3 Å². The molecule has 0 aliphatic carbocycles. The first-order valence-corrected chi connectivity index (χ1v) is 7.58. The molecule has 0 radical (unpaired) electrons. The maximum Gasteiger partial charge on any atom is 0.237 e. The fourth-order valence-electron chi connectivity index (χ4n) is 1.77. The number of hydrogen-bond donors (Lipinski definition) is 2. The van der Waals surface area contributed by atoms with Crippen LogP contribution in [-0.2, 0) is 4.79 Å². The average molecular weight is 345 g/mol. The van der Waals surface area contributed by atoms with Crippen LogP contribution in [0.4, 0.5) is 0 Å². The van der Waals surface area contributed by atoms with Crippen LogP contribution in [0.25, 0.3) is 10.4 Å². The maximum absolute atomic E-state index is 11.6. The molecule has 0 fully saturated rings. The highest BCUT2D eigenvalue weighted by atomic mass is 35.5. The van der Waals surface area contributed by atoms with Gasteiger partial charge < -0.3 is 11.1 Å². The lowest BCUT2D eigenvalue weighted by Crippen LogP contribution is -2.39. The zero-order valence-electron chi connectivity index (χ0n) is 11.8. The molecule has 3 nitrogen and oxygen atoms in total. The number of amides is 1. The van der Waals surface area contributed by atoms with E-state index in [4.69, 9.17) is 17.3 Å². The third-order valence-corrected chi connectivity index (χ3v) is 4.52. The maximum atomic E-state index is 11.6. The van der Waals surface area contributed by atoms with Crippen molar-refractivity contribution >= 4 is 41.3 Å². The summed E-state index contributed by atoms with van der Waals surface area (Å²) in [5.41, 5.74) is 6.67. The fourth-order valence-corrected chi connectivity index (χ4v) is 2.91. The van der Waals surface area contributed by atoms with Crippen LogP contribution in [0.1, 0.15) is 24.8 Å². The highest BCUT2D eigenvalue weighted by molar-refractivity contribution is 7.15. The highest BCUT2D eigenvalue weighted by Gasteiger charge is 2.14. The van der Waals surface area contributed by atoms with Gasteiger partial charge in [-0.1, -0.05) is 23.7 Å². The molecule has 1 unspecified atom stereocenters. The van der Waals surface area contributed by atoms with Gasteiger partial charge in [0.2, 0.25) is 5.91 Å². The lowest BCUT2D eigenvalue weighted by Gasteiger charge is -2.13. The van der Waals surface area contributed by atoms with Gasteiger partial charge in [0.05, 0.1) is 12.1 Å². The molecule has 1 aromatic carbocycles. The predicted octanol–water partition coefficient (Wildman–Crippen LogP) is 4.01. The van der Waals surface area contributed by atoms with E-state index in [0.29, 0.717) is 0 Å². The number of nitrogens with one attached hydrogen (secondary N) is 1. The van der Waals surface area contributed by atoms with Crippen LogP contribution in [0, 0.1) is 0 Å². The van der Waals surface area contributed by atoms with Crippen molar-refractivity contribution in [2.75, 3.05) is 0 Å². The van der Waals surface area contributed by atoms with Crippen LogP contribution in [0.5, 0.6) is 0 Å². The third-order valence-electron chi connectivity index (χ3n) is 2.95. The summed E-state index contributed by atoms with van der Waals surface area (Å²) in [4.78, 5) is 13.8. The van der Waals surface area contributed by atoms with Crippen molar-refractivity contribution in [1.82, 2.24) is 5.32 Å². The second-order valence-electron chi connectivity index (χ2n) is 4.73. The van der Waals surface area contributed by atoms with E-state index in [1.807, 2.05) is 37.3 Å². The molecule has 0 aliphatic rings. The summed E-state index contributed by atoms with van der Waals surface area (Å²) in [6, 6.07) is 11.3. The molecule has 0 saturated carbocycles. The average Bonchev–Trinajstić information content (AvgIpc) is 2.89. The number of hydrogen-bond acceptors (Lipinski definition) is 3. The Morgan fingerprint density at radius 2 is 1.81 bits per heavy atom. The minimum Gasteiger partial charge on any atom is -0.347 e. The van der Waals surface area contributed by atoms with Gasteiger partial charge in [-0.15, -0.1) is 23.7 Å². The number of benzene rings is 1. The second kappa shape index (κ2) is 7.80. The molecule has 2 rings (SSSR count). The minimum absolute atomic E-state index is 0. The number of rotatable bonds is 4. The Labute approximate surface area is 139 Å². The molecule has 0 spiro atoms. The number of thiophene rings is 1. The van der Waals surface area contributed by atoms with Crippen molar-refractivity contribution in [2.24, 2.45) is 5.73 Å². The van der Waals surface area contributed by atoms with Crippen LogP contribution in [0.15, 0.2) is 36.4 Å². The first kappa shape index (κ1) is 18.0. The van der Waals surface area contributed by atoms with E-state index in [1.165, 1.54) is 0 Å². The van der Waals surface area contributed by atoms with Crippen molar-refractivity contribution in [2.45, 2.75) is 25.9 Å². The van der Waals surface area contributed by atoms with Crippen molar-refractivity contribution in [3.05, 3.63) is 46.3 Å². The normalized spacial score (nSPS) is 13.1. The largest absolute Gasteiger partial charge is 0.347 e. The number of carbonyl (C=O) groups is 1. The number of halogens is 2. The van der Waals surface area contributed by atoms with Crippen LogP contribution in [0.3, 0.4) is 0 Å². The van der Waals surface area contributed by atoms with E-state index in [-0.39, 0.29) is 24.4 Å². The van der Waals surface area contributed by atoms with Crippen molar-refractivity contribution in [1.29, 1.82) is 0 Å². The number of nitrogens with two attached hydrogens (primary N) is 1. The molecule has 21 heavy (non-hydrogen) atoms. The Morgan fingerprint density at radius 1 is 1.19 bits per heavy atom. The zero-order valence-corrected chi connectivity index (χ0v) is 14.2. The van der Waals surface area contributed by atoms with Crippen LogP contribution >= 0.6 is 35.3 Å². The summed E-state index contributed by atoms with van der Waals surface area (Å²) in [5, 5.41) is 3.62. The standard InChI is InChI=1S/C15H17ClN2OS.ClH/c1-9(17)15(19)18-10(2)13-7-8-14(20-13)11-3-5-12(16)6-4-11;/h3-10H,17H2,1-2H3,(H,18,19);1H/t9-,10?;/m1./s1. The monoisotopic (exact) mass is 344 g/mol. The Bertz CT molecular complexity index is 596. The summed E-state index contributed by atoms with van der Waals surface area (Å²) >= 11 is 7.54. The van der Waals surface area contributed by atoms with Gasteiger partial charge >= 0.3 is 0 Å². The Kier molecular flexibility index (Phi) is 6.68. The fraction of sp³-hybridized carbons (Fsp3) is 0.267. The van der Waals surface area contributed by atoms with Gasteiger partial charge in [-0.05, 0) is 43.7 Å². The lowest BCUT2D eigenvalue weighted by atomic mass is 10.2. The highest BCUT2D eigenvalue weighted by Crippen LogP contribution is 2.31. The smallest absolute Gasteiger partial charge is 0.237 e. The summed E-state index contributed by atoms with van der Waals surface area (Å²) in [5.74, 6) is -0.140. The summed E-state index contributed by atoms with van der Waals surface area (Å²) in [7, 11) is 0. The topological polar surface area (TPSA) is 55.1 Å². The summed E-state index contributed by atoms with van der Waals surface area (Å²) < 4.78 is 0. The molecular weight excluding hydrogens is 327 g/mol. The van der Waals surface area contributed by atoms with Crippen molar-refractivity contribution < 1.29 is 4.79 Å². The zero-order chi connectivity index (χ0) is 14.7. The van der Waals surface area contributed by atoms with Crippen molar-refractivity contribution in [3.63, 3.8) is 0 Å². The van der Waals surface area contributed by atoms with Crippen LogP contribution in [-0.4, -0.2) is 11.9 Å². The van der Waals surface area contributed by atoms with Crippen molar-refractivity contribution in [3.8, 4) is 10.4 Å².